The van der Waals surface area contributed by atoms with Crippen LogP contribution in [0.15, 0.2) is 18.3 Å². The van der Waals surface area contributed by atoms with E-state index in [1.54, 1.807) is 0 Å². The molecular formula is C18H26N4O. The first-order valence-electron chi connectivity index (χ1n) is 8.88. The zero-order chi connectivity index (χ0) is 15.6. The molecule has 0 aliphatic carbocycles. The van der Waals surface area contributed by atoms with Crippen LogP contribution in [0, 0.1) is 0 Å². The summed E-state index contributed by atoms with van der Waals surface area (Å²) in [4.78, 5) is 10.6. The number of H-pyrrole nitrogens is 1. The summed E-state index contributed by atoms with van der Waals surface area (Å²) in [6.45, 7) is 5.12. The lowest BCUT2D eigenvalue weighted by molar-refractivity contribution is 0.0792. The van der Waals surface area contributed by atoms with Crippen molar-refractivity contribution >= 4 is 11.0 Å². The SMILES string of the molecule is OC1CCN(Cc2c([C@@H]3CCCNC3)[nH]c3ncccc23)CC1. The van der Waals surface area contributed by atoms with Crippen molar-refractivity contribution in [2.24, 2.45) is 0 Å². The number of nitrogens with one attached hydrogen (secondary N) is 2. The van der Waals surface area contributed by atoms with Crippen LogP contribution in [0.3, 0.4) is 0 Å². The largest absolute Gasteiger partial charge is 0.393 e. The monoisotopic (exact) mass is 314 g/mol. The molecule has 0 radical (unpaired) electrons. The van der Waals surface area contributed by atoms with Gasteiger partial charge in [0.2, 0.25) is 0 Å². The molecule has 0 unspecified atom stereocenters. The summed E-state index contributed by atoms with van der Waals surface area (Å²) in [6, 6.07) is 4.22. The summed E-state index contributed by atoms with van der Waals surface area (Å²) < 4.78 is 0. The highest BCUT2D eigenvalue weighted by Crippen LogP contribution is 2.32. The third-order valence-electron chi connectivity index (χ3n) is 5.35. The standard InChI is InChI=1S/C18H26N4O/c23-14-5-9-22(10-6-14)12-16-15-4-2-8-20-18(15)21-17(16)13-3-1-7-19-11-13/h2,4,8,13-14,19,23H,1,3,5-7,9-12H2,(H,20,21)/t13-/m1/s1. The van der Waals surface area contributed by atoms with Crippen molar-refractivity contribution in [2.45, 2.75) is 44.2 Å². The Kier molecular flexibility index (Phi) is 4.33. The fourth-order valence-electron chi connectivity index (χ4n) is 4.01. The Bertz CT molecular complexity index is 654. The van der Waals surface area contributed by atoms with E-state index in [-0.39, 0.29) is 6.10 Å². The van der Waals surface area contributed by atoms with Gasteiger partial charge >= 0.3 is 0 Å². The number of rotatable bonds is 3. The van der Waals surface area contributed by atoms with Gasteiger partial charge in [-0.2, -0.15) is 0 Å². The van der Waals surface area contributed by atoms with Crippen LogP contribution in [-0.4, -0.2) is 52.3 Å². The van der Waals surface area contributed by atoms with E-state index in [0.29, 0.717) is 5.92 Å². The molecule has 1 atom stereocenters. The summed E-state index contributed by atoms with van der Waals surface area (Å²) in [6.07, 6.45) is 6.01. The lowest BCUT2D eigenvalue weighted by Gasteiger charge is -2.30. The third kappa shape index (κ3) is 3.13. The fraction of sp³-hybridized carbons (Fsp3) is 0.611. The van der Waals surface area contributed by atoms with E-state index < -0.39 is 0 Å². The Labute approximate surface area is 137 Å². The highest BCUT2D eigenvalue weighted by atomic mass is 16.3. The minimum Gasteiger partial charge on any atom is -0.393 e. The average molecular weight is 314 g/mol. The number of aromatic nitrogens is 2. The summed E-state index contributed by atoms with van der Waals surface area (Å²) in [5, 5.41) is 14.5. The molecule has 4 rings (SSSR count). The number of pyridine rings is 1. The van der Waals surface area contributed by atoms with Crippen LogP contribution in [0.5, 0.6) is 0 Å². The van der Waals surface area contributed by atoms with Crippen molar-refractivity contribution < 1.29 is 5.11 Å². The number of hydrogen-bond donors (Lipinski definition) is 3. The molecule has 2 aliphatic rings. The number of hydrogen-bond acceptors (Lipinski definition) is 4. The van der Waals surface area contributed by atoms with Gasteiger partial charge in [0.15, 0.2) is 0 Å². The minimum absolute atomic E-state index is 0.113. The van der Waals surface area contributed by atoms with E-state index in [1.165, 1.54) is 29.5 Å². The fourth-order valence-corrected chi connectivity index (χ4v) is 4.01. The number of nitrogens with zero attached hydrogens (tertiary/aromatic N) is 2. The molecule has 3 N–H and O–H groups in total. The average Bonchev–Trinajstić information content (AvgIpc) is 2.96. The number of likely N-dealkylation sites (tertiary alicyclic amines) is 1. The van der Waals surface area contributed by atoms with Crippen LogP contribution in [0.25, 0.3) is 11.0 Å². The van der Waals surface area contributed by atoms with Crippen LogP contribution in [-0.2, 0) is 6.54 Å². The summed E-state index contributed by atoms with van der Waals surface area (Å²) in [5.74, 6) is 0.559. The van der Waals surface area contributed by atoms with E-state index in [0.717, 1.165) is 51.2 Å². The first kappa shape index (κ1) is 15.1. The molecule has 0 aromatic carbocycles. The van der Waals surface area contributed by atoms with Gasteiger partial charge in [-0.15, -0.1) is 0 Å². The highest BCUT2D eigenvalue weighted by molar-refractivity contribution is 5.81. The quantitative estimate of drug-likeness (QED) is 0.811. The molecule has 0 spiro atoms. The van der Waals surface area contributed by atoms with E-state index in [2.05, 4.69) is 26.3 Å². The van der Waals surface area contributed by atoms with Gasteiger partial charge in [-0.25, -0.2) is 4.98 Å². The van der Waals surface area contributed by atoms with Gasteiger partial charge in [0, 0.05) is 49.4 Å². The molecule has 5 heteroatoms. The maximum atomic E-state index is 9.73. The van der Waals surface area contributed by atoms with E-state index in [1.807, 2.05) is 12.3 Å². The highest BCUT2D eigenvalue weighted by Gasteiger charge is 2.25. The molecule has 2 aromatic heterocycles. The number of aromatic amines is 1. The second-order valence-corrected chi connectivity index (χ2v) is 6.97. The van der Waals surface area contributed by atoms with Gasteiger partial charge in [0.25, 0.3) is 0 Å². The Morgan fingerprint density at radius 2 is 2.13 bits per heavy atom. The molecule has 2 aliphatic heterocycles. The Balaban J connectivity index is 1.65. The van der Waals surface area contributed by atoms with E-state index >= 15 is 0 Å². The Morgan fingerprint density at radius 3 is 2.91 bits per heavy atom. The topological polar surface area (TPSA) is 64.2 Å². The molecule has 0 bridgehead atoms. The number of aliphatic hydroxyl groups is 1. The number of aliphatic hydroxyl groups excluding tert-OH is 1. The first-order chi connectivity index (χ1) is 11.3. The van der Waals surface area contributed by atoms with Gasteiger partial charge in [-0.05, 0) is 49.9 Å². The lowest BCUT2D eigenvalue weighted by Crippen LogP contribution is -2.36. The zero-order valence-corrected chi connectivity index (χ0v) is 13.6. The minimum atomic E-state index is -0.113. The number of piperidine rings is 2. The van der Waals surface area contributed by atoms with Gasteiger partial charge in [0.05, 0.1) is 6.10 Å². The van der Waals surface area contributed by atoms with Crippen LogP contribution >= 0.6 is 0 Å². The van der Waals surface area contributed by atoms with Crippen molar-refractivity contribution in [3.63, 3.8) is 0 Å². The second kappa shape index (κ2) is 6.59. The smallest absolute Gasteiger partial charge is 0.137 e. The van der Waals surface area contributed by atoms with Crippen molar-refractivity contribution in [3.8, 4) is 0 Å². The Hall–Kier alpha value is -1.43. The van der Waals surface area contributed by atoms with Crippen LogP contribution in [0.1, 0.15) is 42.9 Å². The summed E-state index contributed by atoms with van der Waals surface area (Å²) in [5.41, 5.74) is 3.80. The van der Waals surface area contributed by atoms with Crippen molar-refractivity contribution in [2.75, 3.05) is 26.2 Å². The molecule has 124 valence electrons. The first-order valence-corrected chi connectivity index (χ1v) is 8.88. The van der Waals surface area contributed by atoms with Gasteiger partial charge in [-0.3, -0.25) is 4.90 Å². The van der Waals surface area contributed by atoms with E-state index in [4.69, 9.17) is 0 Å². The molecule has 0 amide bonds. The normalized spacial score (nSPS) is 24.3. The maximum Gasteiger partial charge on any atom is 0.137 e. The molecule has 2 fully saturated rings. The Morgan fingerprint density at radius 1 is 1.26 bits per heavy atom. The predicted molar refractivity (Wildman–Crippen MR) is 91.5 cm³/mol. The molecule has 4 heterocycles. The molecule has 2 aromatic rings. The zero-order valence-electron chi connectivity index (χ0n) is 13.6. The molecule has 0 saturated carbocycles. The van der Waals surface area contributed by atoms with E-state index in [9.17, 15) is 5.11 Å². The van der Waals surface area contributed by atoms with Crippen LogP contribution < -0.4 is 5.32 Å². The van der Waals surface area contributed by atoms with Gasteiger partial charge in [0.1, 0.15) is 5.65 Å². The third-order valence-corrected chi connectivity index (χ3v) is 5.35. The van der Waals surface area contributed by atoms with Crippen LogP contribution in [0.4, 0.5) is 0 Å². The molecule has 2 saturated heterocycles. The summed E-state index contributed by atoms with van der Waals surface area (Å²) in [7, 11) is 0. The molecule has 23 heavy (non-hydrogen) atoms. The van der Waals surface area contributed by atoms with Crippen molar-refractivity contribution in [1.29, 1.82) is 0 Å². The van der Waals surface area contributed by atoms with Crippen molar-refractivity contribution in [1.82, 2.24) is 20.2 Å². The number of fused-ring (bicyclic) bond motifs is 1. The summed E-state index contributed by atoms with van der Waals surface area (Å²) >= 11 is 0. The lowest BCUT2D eigenvalue weighted by atomic mass is 9.92. The maximum absolute atomic E-state index is 9.73. The molecular weight excluding hydrogens is 288 g/mol. The molecule has 5 nitrogen and oxygen atoms in total. The predicted octanol–water partition coefficient (Wildman–Crippen LogP) is 1.99. The van der Waals surface area contributed by atoms with Crippen LogP contribution in [0.2, 0.25) is 0 Å². The van der Waals surface area contributed by atoms with Crippen molar-refractivity contribution in [3.05, 3.63) is 29.6 Å². The second-order valence-electron chi connectivity index (χ2n) is 6.97. The van der Waals surface area contributed by atoms with Gasteiger partial charge in [-0.1, -0.05) is 0 Å². The van der Waals surface area contributed by atoms with Gasteiger partial charge < -0.3 is 15.4 Å².